The van der Waals surface area contributed by atoms with Crippen molar-refractivity contribution in [2.45, 2.75) is 28.7 Å². The highest BCUT2D eigenvalue weighted by Crippen LogP contribution is 1.94. The molecule has 0 fully saturated rings. The van der Waals surface area contributed by atoms with Crippen LogP contribution >= 0.6 is 0 Å². The maximum atomic E-state index is 11.0. The molecule has 0 aliphatic carbocycles. The van der Waals surface area contributed by atoms with Crippen molar-refractivity contribution < 1.29 is 9.59 Å². The van der Waals surface area contributed by atoms with Crippen LogP contribution in [0.5, 0.6) is 0 Å². The van der Waals surface area contributed by atoms with Crippen molar-refractivity contribution in [1.29, 1.82) is 0 Å². The second kappa shape index (κ2) is 9.19. The van der Waals surface area contributed by atoms with Gasteiger partial charge in [-0.1, -0.05) is 14.9 Å². The molecule has 4 nitrogen and oxygen atoms in total. The summed E-state index contributed by atoms with van der Waals surface area (Å²) in [4.78, 5) is 21.6. The monoisotopic (exact) mass is 190 g/mol. The lowest BCUT2D eigenvalue weighted by molar-refractivity contribution is -0.132. The first kappa shape index (κ1) is 18.0. The van der Waals surface area contributed by atoms with E-state index in [4.69, 9.17) is 0 Å². The number of carbonyl (C=O) groups is 2. The molecule has 0 bridgehead atoms. The first-order valence-corrected chi connectivity index (χ1v) is 3.52. The molecule has 0 aliphatic heterocycles. The molecule has 1 amide bonds. The van der Waals surface area contributed by atoms with Crippen molar-refractivity contribution >= 4 is 11.7 Å². The normalized spacial score (nSPS) is 10.4. The molecular formula is C9H22N2O2. The second-order valence-electron chi connectivity index (χ2n) is 2.40. The molecule has 0 aliphatic rings. The van der Waals surface area contributed by atoms with Crippen LogP contribution in [-0.2, 0) is 9.59 Å². The van der Waals surface area contributed by atoms with E-state index in [9.17, 15) is 9.59 Å². The Bertz CT molecular complexity index is 158. The average molecular weight is 190 g/mol. The van der Waals surface area contributed by atoms with Gasteiger partial charge in [0.1, 0.15) is 5.78 Å². The predicted molar refractivity (Wildman–Crippen MR) is 55.4 cm³/mol. The van der Waals surface area contributed by atoms with E-state index in [2.05, 4.69) is 10.6 Å². The number of hydrogen-bond acceptors (Lipinski definition) is 3. The highest BCUT2D eigenvalue weighted by Gasteiger charge is 2.15. The van der Waals surface area contributed by atoms with Crippen LogP contribution in [0.4, 0.5) is 0 Å². The van der Waals surface area contributed by atoms with Gasteiger partial charge >= 0.3 is 0 Å². The van der Waals surface area contributed by atoms with Crippen molar-refractivity contribution in [2.24, 2.45) is 5.92 Å². The van der Waals surface area contributed by atoms with Gasteiger partial charge < -0.3 is 10.6 Å². The van der Waals surface area contributed by atoms with Crippen molar-refractivity contribution in [3.05, 3.63) is 0 Å². The molecular weight excluding hydrogens is 168 g/mol. The number of nitrogens with one attached hydrogen (secondary N) is 2. The fraction of sp³-hybridized carbons (Fsp3) is 0.778. The van der Waals surface area contributed by atoms with E-state index < -0.39 is 5.92 Å². The Morgan fingerprint density at radius 3 is 2.08 bits per heavy atom. The van der Waals surface area contributed by atoms with E-state index in [0.29, 0.717) is 6.67 Å². The van der Waals surface area contributed by atoms with E-state index in [1.165, 1.54) is 6.92 Å². The fourth-order valence-corrected chi connectivity index (χ4v) is 0.513. The average Bonchev–Trinajstić information content (AvgIpc) is 1.98. The maximum Gasteiger partial charge on any atom is 0.231 e. The number of rotatable bonds is 4. The highest BCUT2D eigenvalue weighted by atomic mass is 16.2. The van der Waals surface area contributed by atoms with Crippen LogP contribution < -0.4 is 10.6 Å². The van der Waals surface area contributed by atoms with Gasteiger partial charge in [-0.2, -0.15) is 0 Å². The van der Waals surface area contributed by atoms with Gasteiger partial charge in [0.05, 0.1) is 12.6 Å². The molecule has 0 aromatic heterocycles. The lowest BCUT2D eigenvalue weighted by atomic mass is 10.1. The zero-order valence-electron chi connectivity index (χ0n) is 7.10. The third kappa shape index (κ3) is 7.46. The van der Waals surface area contributed by atoms with E-state index in [1.807, 2.05) is 0 Å². The number of hydrogen-bond donors (Lipinski definition) is 2. The Morgan fingerprint density at radius 1 is 1.31 bits per heavy atom. The van der Waals surface area contributed by atoms with Crippen LogP contribution in [0.2, 0.25) is 0 Å². The molecule has 1 atom stereocenters. The van der Waals surface area contributed by atoms with Gasteiger partial charge in [0, 0.05) is 0 Å². The summed E-state index contributed by atoms with van der Waals surface area (Å²) >= 11 is 0. The topological polar surface area (TPSA) is 58.2 Å². The summed E-state index contributed by atoms with van der Waals surface area (Å²) in [7, 11) is 1.72. The Labute approximate surface area is 81.1 Å². The molecule has 0 aromatic rings. The Hall–Kier alpha value is -0.900. The van der Waals surface area contributed by atoms with E-state index in [0.717, 1.165) is 0 Å². The third-order valence-corrected chi connectivity index (χ3v) is 1.44. The molecule has 0 saturated carbocycles. The van der Waals surface area contributed by atoms with Gasteiger partial charge in [-0.05, 0) is 20.9 Å². The predicted octanol–water partition coefficient (Wildman–Crippen LogP) is 0.777. The minimum atomic E-state index is -0.539. The van der Waals surface area contributed by atoms with Crippen LogP contribution in [0.25, 0.3) is 0 Å². The molecule has 13 heavy (non-hydrogen) atoms. The zero-order valence-corrected chi connectivity index (χ0v) is 7.10. The highest BCUT2D eigenvalue weighted by molar-refractivity contribution is 5.99. The van der Waals surface area contributed by atoms with Crippen molar-refractivity contribution in [3.63, 3.8) is 0 Å². The third-order valence-electron chi connectivity index (χ3n) is 1.44. The van der Waals surface area contributed by atoms with Crippen LogP contribution in [0.1, 0.15) is 28.7 Å². The van der Waals surface area contributed by atoms with Crippen molar-refractivity contribution in [2.75, 3.05) is 13.7 Å². The Morgan fingerprint density at radius 2 is 1.77 bits per heavy atom. The summed E-state index contributed by atoms with van der Waals surface area (Å²) < 4.78 is 0. The summed E-state index contributed by atoms with van der Waals surface area (Å²) in [6.45, 7) is 3.40. The molecule has 0 aromatic carbocycles. The number of Topliss-reactive ketones (excluding diaryl/α,β-unsaturated/α-hetero) is 1. The Balaban J connectivity index is -0.000000500. The van der Waals surface area contributed by atoms with Crippen LogP contribution in [0.15, 0.2) is 0 Å². The first-order valence-electron chi connectivity index (χ1n) is 3.52. The summed E-state index contributed by atoms with van der Waals surface area (Å²) in [6.07, 6.45) is 0. The quantitative estimate of drug-likeness (QED) is 0.508. The standard InChI is InChI=1S/C7H14N2O2.2CH4/c1-5(6(2)10)7(11)9-4-8-3;;/h5,8H,4H2,1-3H3,(H,9,11);2*1H4. The smallest absolute Gasteiger partial charge is 0.231 e. The molecule has 0 radical (unpaired) electrons. The lowest BCUT2D eigenvalue weighted by Crippen LogP contribution is -2.37. The van der Waals surface area contributed by atoms with Gasteiger partial charge in [-0.25, -0.2) is 0 Å². The van der Waals surface area contributed by atoms with Crippen molar-refractivity contribution in [1.82, 2.24) is 10.6 Å². The number of ketones is 1. The van der Waals surface area contributed by atoms with Gasteiger partial charge in [-0.3, -0.25) is 9.59 Å². The molecule has 4 heteroatoms. The summed E-state index contributed by atoms with van der Waals surface area (Å²) in [6, 6.07) is 0. The SMILES string of the molecule is C.C.CNCNC(=O)C(C)C(C)=O. The van der Waals surface area contributed by atoms with Crippen molar-refractivity contribution in [3.8, 4) is 0 Å². The number of carbonyl (C=O) groups excluding carboxylic acids is 2. The van der Waals surface area contributed by atoms with Gasteiger partial charge in [0.15, 0.2) is 0 Å². The summed E-state index contributed by atoms with van der Waals surface area (Å²) in [5, 5.41) is 5.29. The fourth-order valence-electron chi connectivity index (χ4n) is 0.513. The molecule has 0 saturated heterocycles. The maximum absolute atomic E-state index is 11.0. The largest absolute Gasteiger partial charge is 0.343 e. The lowest BCUT2D eigenvalue weighted by Gasteiger charge is -2.07. The van der Waals surface area contributed by atoms with Crippen LogP contribution in [0, 0.1) is 5.92 Å². The minimum absolute atomic E-state index is 0. The molecule has 0 heterocycles. The molecule has 80 valence electrons. The summed E-state index contributed by atoms with van der Waals surface area (Å²) in [5.74, 6) is -0.881. The second-order valence-corrected chi connectivity index (χ2v) is 2.40. The molecule has 0 rings (SSSR count). The molecule has 0 spiro atoms. The zero-order chi connectivity index (χ0) is 8.85. The summed E-state index contributed by atoms with van der Waals surface area (Å²) in [5.41, 5.74) is 0. The molecule has 2 N–H and O–H groups in total. The van der Waals surface area contributed by atoms with Gasteiger partial charge in [0.2, 0.25) is 5.91 Å². The van der Waals surface area contributed by atoms with Gasteiger partial charge in [0.25, 0.3) is 0 Å². The van der Waals surface area contributed by atoms with Crippen LogP contribution in [0.3, 0.4) is 0 Å². The van der Waals surface area contributed by atoms with E-state index >= 15 is 0 Å². The minimum Gasteiger partial charge on any atom is -0.343 e. The Kier molecular flexibility index (Phi) is 12.7. The number of amides is 1. The van der Waals surface area contributed by atoms with E-state index in [1.54, 1.807) is 14.0 Å². The molecule has 1 unspecified atom stereocenters. The first-order chi connectivity index (χ1) is 5.09. The van der Waals surface area contributed by atoms with Gasteiger partial charge in [-0.15, -0.1) is 0 Å². The van der Waals surface area contributed by atoms with E-state index in [-0.39, 0.29) is 26.5 Å². The van der Waals surface area contributed by atoms with Crippen LogP contribution in [-0.4, -0.2) is 25.4 Å².